The molecule has 0 aliphatic heterocycles. The van der Waals surface area contributed by atoms with Crippen molar-refractivity contribution in [3.63, 3.8) is 0 Å². The molecule has 4 heteroatoms. The average Bonchev–Trinajstić information content (AvgIpc) is 2.91. The summed E-state index contributed by atoms with van der Waals surface area (Å²) in [6.07, 6.45) is 7.47. The van der Waals surface area contributed by atoms with Gasteiger partial charge in [-0.2, -0.15) is 0 Å². The van der Waals surface area contributed by atoms with Crippen LogP contribution in [0.5, 0.6) is 0 Å². The van der Waals surface area contributed by atoms with Gasteiger partial charge >= 0.3 is 154 Å². The minimum absolute atomic E-state index is 0. The van der Waals surface area contributed by atoms with E-state index in [4.69, 9.17) is 0 Å². The van der Waals surface area contributed by atoms with Gasteiger partial charge in [0, 0.05) is 0 Å². The quantitative estimate of drug-likeness (QED) is 0.297. The summed E-state index contributed by atoms with van der Waals surface area (Å²) in [5, 5.41) is 0. The fourth-order valence-electron chi connectivity index (χ4n) is 4.44. The zero-order chi connectivity index (χ0) is 18.7. The van der Waals surface area contributed by atoms with Crippen molar-refractivity contribution < 1.29 is 17.1 Å². The van der Waals surface area contributed by atoms with Gasteiger partial charge in [0.1, 0.15) is 0 Å². The Bertz CT molecular complexity index is 712. The van der Waals surface area contributed by atoms with Crippen molar-refractivity contribution in [2.24, 2.45) is 10.8 Å². The van der Waals surface area contributed by atoms with Gasteiger partial charge in [0.05, 0.1) is 0 Å². The molecule has 2 aliphatic carbocycles. The fourth-order valence-corrected chi connectivity index (χ4v) is 27.4. The van der Waals surface area contributed by atoms with Gasteiger partial charge in [-0.25, -0.2) is 0 Å². The smallest absolute Gasteiger partial charge is 0.147 e. The van der Waals surface area contributed by atoms with Gasteiger partial charge in [-0.05, 0) is 0 Å². The SMILES string of the molecule is CC1=[C]([Hf]([CH3])([CH3])(=[SiH2])[C]2=C(C)C=C(C(C)(C)C)C2)CC(C(C)(C)C)=C1.Cl.Cl. The second-order valence-corrected chi connectivity index (χ2v) is 52.2. The Labute approximate surface area is 177 Å². The molecule has 0 fully saturated rings. The zero-order valence-corrected chi connectivity index (χ0v) is 25.2. The van der Waals surface area contributed by atoms with Gasteiger partial charge in [0.15, 0.2) is 0 Å². The van der Waals surface area contributed by atoms with Crippen molar-refractivity contribution in [2.75, 3.05) is 0 Å². The molecular weight excluding hydrogens is 542 g/mol. The van der Waals surface area contributed by atoms with Crippen molar-refractivity contribution in [1.29, 1.82) is 0 Å². The number of hydrogen-bond donors (Lipinski definition) is 0. The third kappa shape index (κ3) is 4.96. The molecule has 2 aliphatic rings. The van der Waals surface area contributed by atoms with E-state index in [0.717, 1.165) is 0 Å². The van der Waals surface area contributed by atoms with Crippen LogP contribution in [0.25, 0.3) is 0 Å². The van der Waals surface area contributed by atoms with E-state index >= 15 is 0 Å². The summed E-state index contributed by atoms with van der Waals surface area (Å²) in [4.78, 5) is 0. The first-order chi connectivity index (χ1) is 10.5. The van der Waals surface area contributed by atoms with Crippen molar-refractivity contribution in [3.05, 3.63) is 41.1 Å². The fraction of sp³-hybridized carbons (Fsp3) is 0.636. The van der Waals surface area contributed by atoms with Gasteiger partial charge in [-0.1, -0.05) is 0 Å². The first-order valence-electron chi connectivity index (χ1n) is 9.42. The molecular formula is C22H40Cl2HfSi. The van der Waals surface area contributed by atoms with Crippen LogP contribution in [0.2, 0.25) is 9.36 Å². The van der Waals surface area contributed by atoms with Crippen LogP contribution in [0.15, 0.2) is 41.1 Å². The topological polar surface area (TPSA) is 0 Å². The van der Waals surface area contributed by atoms with E-state index < -0.39 is 17.1 Å². The van der Waals surface area contributed by atoms with Crippen LogP contribution in [0.3, 0.4) is 0 Å². The Kier molecular flexibility index (Phi) is 7.99. The molecule has 0 saturated carbocycles. The predicted octanol–water partition coefficient (Wildman–Crippen LogP) is 7.46. The molecule has 0 nitrogen and oxygen atoms in total. The Morgan fingerprint density at radius 3 is 1.19 bits per heavy atom. The molecule has 0 aromatic heterocycles. The normalized spacial score (nSPS) is 19.2. The maximum Gasteiger partial charge on any atom is -0.147 e. The third-order valence-electron chi connectivity index (χ3n) is 6.33. The minimum atomic E-state index is -3.19. The Morgan fingerprint density at radius 2 is 1.00 bits per heavy atom. The van der Waals surface area contributed by atoms with Gasteiger partial charge < -0.3 is 0 Å². The molecule has 0 amide bonds. The summed E-state index contributed by atoms with van der Waals surface area (Å²) in [7, 11) is 0. The number of halogens is 2. The van der Waals surface area contributed by atoms with Crippen molar-refractivity contribution in [3.8, 4) is 0 Å². The van der Waals surface area contributed by atoms with Crippen LogP contribution < -0.4 is 0 Å². The van der Waals surface area contributed by atoms with Crippen LogP contribution >= 0.6 is 24.8 Å². The number of allylic oxidation sites excluding steroid dienone is 8. The first kappa shape index (κ1) is 26.6. The minimum Gasteiger partial charge on any atom is -0.147 e. The molecule has 0 heterocycles. The van der Waals surface area contributed by atoms with E-state index in [1.807, 2.05) is 6.66 Å². The van der Waals surface area contributed by atoms with Crippen LogP contribution in [-0.4, -0.2) is 6.94 Å². The average molecular weight is 582 g/mol. The molecule has 2 rings (SSSR count). The van der Waals surface area contributed by atoms with E-state index in [0.29, 0.717) is 10.8 Å². The molecule has 0 N–H and O–H groups in total. The molecule has 0 saturated heterocycles. The molecule has 0 bridgehead atoms. The second-order valence-electron chi connectivity index (χ2n) is 11.2. The van der Waals surface area contributed by atoms with Crippen LogP contribution in [0.4, 0.5) is 0 Å². The first-order valence-corrected chi connectivity index (χ1v) is 28.5. The second kappa shape index (κ2) is 7.80. The van der Waals surface area contributed by atoms with E-state index in [1.54, 1.807) is 22.3 Å². The zero-order valence-electron chi connectivity index (χ0n) is 18.6. The Hall–Kier alpha value is 0.627. The van der Waals surface area contributed by atoms with E-state index in [-0.39, 0.29) is 24.8 Å². The van der Waals surface area contributed by atoms with E-state index in [9.17, 15) is 0 Å². The van der Waals surface area contributed by atoms with E-state index in [1.165, 1.54) is 12.8 Å². The van der Waals surface area contributed by atoms with Crippen molar-refractivity contribution in [1.82, 2.24) is 0 Å². The molecule has 0 spiro atoms. The monoisotopic (exact) mass is 582 g/mol. The van der Waals surface area contributed by atoms with Crippen LogP contribution in [0, 0.1) is 10.8 Å². The molecule has 0 atom stereocenters. The molecule has 0 radical (unpaired) electrons. The third-order valence-corrected chi connectivity index (χ3v) is 31.3. The maximum absolute atomic E-state index is 3.19. The van der Waals surface area contributed by atoms with Gasteiger partial charge in [-0.15, -0.1) is 24.8 Å². The molecule has 150 valence electrons. The summed E-state index contributed by atoms with van der Waals surface area (Å²) in [5.41, 5.74) is 7.02. The number of rotatable bonds is 2. The van der Waals surface area contributed by atoms with Gasteiger partial charge in [0.25, 0.3) is 0 Å². The maximum atomic E-state index is 2.69. The van der Waals surface area contributed by atoms with Crippen LogP contribution in [0.1, 0.15) is 68.2 Å². The summed E-state index contributed by atoms with van der Waals surface area (Å²) in [5.74, 6) is 0. The summed E-state index contributed by atoms with van der Waals surface area (Å²) >= 11 is -3.19. The summed E-state index contributed by atoms with van der Waals surface area (Å²) in [6.45, 7) is 21.3. The standard InChI is InChI=1S/2C10H15.2CH3.2ClH.Hf.H2Si/c2*1-8-5-6-9(7-8)10(2,3)4;;;;;;/h2*7H,6H2,1-4H3;2*1H3;2*1H;;1H2. The van der Waals surface area contributed by atoms with Crippen LogP contribution in [-0.2, 0) is 17.1 Å². The Morgan fingerprint density at radius 1 is 0.731 bits per heavy atom. The predicted molar refractivity (Wildman–Crippen MR) is 124 cm³/mol. The van der Waals surface area contributed by atoms with Gasteiger partial charge in [-0.3, -0.25) is 0 Å². The molecule has 0 unspecified atom stereocenters. The molecule has 0 aromatic rings. The van der Waals surface area contributed by atoms with E-state index in [2.05, 4.69) is 83.8 Å². The van der Waals surface area contributed by atoms with Gasteiger partial charge in [0.2, 0.25) is 0 Å². The Balaban J connectivity index is 0.00000312. The summed E-state index contributed by atoms with van der Waals surface area (Å²) < 4.78 is 9.06. The molecule has 0 aromatic carbocycles. The van der Waals surface area contributed by atoms with Crippen molar-refractivity contribution >= 4 is 31.8 Å². The van der Waals surface area contributed by atoms with Crippen molar-refractivity contribution in [2.45, 2.75) is 77.6 Å². The molecule has 26 heavy (non-hydrogen) atoms. The summed E-state index contributed by atoms with van der Waals surface area (Å²) in [6, 6.07) is 0. The largest absolute Gasteiger partial charge is 0.147 e. The number of hydrogen-bond acceptors (Lipinski definition) is 0.